The maximum atomic E-state index is 13.0. The summed E-state index contributed by atoms with van der Waals surface area (Å²) in [5, 5.41) is 6.17. The van der Waals surface area contributed by atoms with Gasteiger partial charge in [-0.15, -0.1) is 0 Å². The molecule has 3 rings (SSSR count). The molecule has 5 heteroatoms. The van der Waals surface area contributed by atoms with Crippen molar-refractivity contribution < 1.29 is 9.18 Å². The third-order valence-electron chi connectivity index (χ3n) is 4.23. The van der Waals surface area contributed by atoms with Gasteiger partial charge in [0.05, 0.1) is 0 Å². The number of hydrogen-bond acceptors (Lipinski definition) is 3. The van der Waals surface area contributed by atoms with E-state index in [4.69, 9.17) is 0 Å². The van der Waals surface area contributed by atoms with Crippen molar-refractivity contribution in [1.29, 1.82) is 0 Å². The van der Waals surface area contributed by atoms with Crippen molar-refractivity contribution in [2.75, 3.05) is 10.6 Å². The molecule has 0 saturated heterocycles. The molecule has 0 aliphatic heterocycles. The molecule has 1 heterocycles. The lowest BCUT2D eigenvalue weighted by Gasteiger charge is -2.14. The quantitative estimate of drug-likeness (QED) is 0.632. The number of amides is 1. The molecular weight excluding hydrogens is 341 g/mol. The van der Waals surface area contributed by atoms with Gasteiger partial charge in [0.1, 0.15) is 11.5 Å². The highest BCUT2D eigenvalue weighted by molar-refractivity contribution is 6.03. The number of aromatic nitrogens is 1. The normalized spacial score (nSPS) is 10.7. The van der Waals surface area contributed by atoms with Gasteiger partial charge in [0.15, 0.2) is 0 Å². The van der Waals surface area contributed by atoms with Gasteiger partial charge in [0, 0.05) is 24.1 Å². The summed E-state index contributed by atoms with van der Waals surface area (Å²) in [7, 11) is 0. The highest BCUT2D eigenvalue weighted by atomic mass is 19.1. The Balaban J connectivity index is 1.69. The molecule has 0 spiro atoms. The van der Waals surface area contributed by atoms with E-state index in [0.29, 0.717) is 18.2 Å². The first-order valence-electron chi connectivity index (χ1n) is 8.87. The zero-order valence-corrected chi connectivity index (χ0v) is 15.4. The fourth-order valence-electron chi connectivity index (χ4n) is 2.77. The summed E-state index contributed by atoms with van der Waals surface area (Å²) in [4.78, 5) is 16.8. The Hall–Kier alpha value is -3.21. The van der Waals surface area contributed by atoms with Gasteiger partial charge in [-0.25, -0.2) is 4.39 Å². The Morgan fingerprint density at radius 1 is 1.07 bits per heavy atom. The Morgan fingerprint density at radius 3 is 2.56 bits per heavy atom. The third kappa shape index (κ3) is 4.91. The van der Waals surface area contributed by atoms with Crippen LogP contribution in [-0.4, -0.2) is 10.9 Å². The number of para-hydroxylation sites is 1. The third-order valence-corrected chi connectivity index (χ3v) is 4.23. The molecule has 3 aromatic rings. The summed E-state index contributed by atoms with van der Waals surface area (Å²) in [6, 6.07) is 17.6. The molecule has 0 bridgehead atoms. The van der Waals surface area contributed by atoms with Gasteiger partial charge >= 0.3 is 0 Å². The molecule has 0 aliphatic rings. The van der Waals surface area contributed by atoms with Crippen molar-refractivity contribution in [3.63, 3.8) is 0 Å². The van der Waals surface area contributed by atoms with Crippen molar-refractivity contribution in [2.24, 2.45) is 0 Å². The first-order chi connectivity index (χ1) is 13.0. The van der Waals surface area contributed by atoms with Crippen molar-refractivity contribution in [2.45, 2.75) is 26.3 Å². The summed E-state index contributed by atoms with van der Waals surface area (Å²) in [6.45, 7) is 4.70. The molecule has 0 fully saturated rings. The molecule has 27 heavy (non-hydrogen) atoms. The molecular formula is C22H22FN3O. The van der Waals surface area contributed by atoms with Crippen molar-refractivity contribution in [1.82, 2.24) is 4.98 Å². The number of hydrogen-bond donors (Lipinski definition) is 2. The van der Waals surface area contributed by atoms with Crippen LogP contribution in [0, 0.1) is 5.82 Å². The van der Waals surface area contributed by atoms with Gasteiger partial charge in [-0.2, -0.15) is 0 Å². The topological polar surface area (TPSA) is 54.0 Å². The molecule has 2 aromatic carbocycles. The van der Waals surface area contributed by atoms with E-state index >= 15 is 0 Å². The minimum atomic E-state index is -0.261. The zero-order chi connectivity index (χ0) is 19.2. The summed E-state index contributed by atoms with van der Waals surface area (Å²) >= 11 is 0. The molecule has 4 nitrogen and oxygen atoms in total. The second-order valence-electron chi connectivity index (χ2n) is 6.61. The van der Waals surface area contributed by atoms with Gasteiger partial charge in [-0.05, 0) is 47.4 Å². The largest absolute Gasteiger partial charge is 0.381 e. The smallest absolute Gasteiger partial charge is 0.274 e. The predicted molar refractivity (Wildman–Crippen MR) is 106 cm³/mol. The van der Waals surface area contributed by atoms with E-state index in [1.165, 1.54) is 12.1 Å². The Kier molecular flexibility index (Phi) is 5.81. The number of carbonyl (C=O) groups excluding carboxylic acids is 1. The second-order valence-corrected chi connectivity index (χ2v) is 6.61. The molecule has 138 valence electrons. The molecule has 0 saturated carbocycles. The molecule has 2 N–H and O–H groups in total. The van der Waals surface area contributed by atoms with Crippen LogP contribution in [0.3, 0.4) is 0 Å². The lowest BCUT2D eigenvalue weighted by molar-refractivity contribution is 0.102. The summed E-state index contributed by atoms with van der Waals surface area (Å²) < 4.78 is 13.0. The van der Waals surface area contributed by atoms with Gasteiger partial charge < -0.3 is 10.6 Å². The number of carbonyl (C=O) groups is 1. The number of halogens is 1. The standard InChI is InChI=1S/C22H22FN3O/c1-15(2)19-5-3-4-6-20(19)26-22(27)21-13-18(11-12-24-21)25-14-16-7-9-17(23)10-8-16/h3-13,15H,14H2,1-2H3,(H,24,25)(H,26,27). The lowest BCUT2D eigenvalue weighted by atomic mass is 10.0. The van der Waals surface area contributed by atoms with Crippen LogP contribution in [0.25, 0.3) is 0 Å². The number of benzene rings is 2. The SMILES string of the molecule is CC(C)c1ccccc1NC(=O)c1cc(NCc2ccc(F)cc2)ccn1. The molecule has 0 aliphatic carbocycles. The van der Waals surface area contributed by atoms with E-state index in [9.17, 15) is 9.18 Å². The average molecular weight is 363 g/mol. The van der Waals surface area contributed by atoms with E-state index in [-0.39, 0.29) is 11.7 Å². The number of pyridine rings is 1. The molecule has 1 amide bonds. The Morgan fingerprint density at radius 2 is 1.81 bits per heavy atom. The van der Waals surface area contributed by atoms with Crippen LogP contribution in [0.2, 0.25) is 0 Å². The van der Waals surface area contributed by atoms with E-state index in [0.717, 1.165) is 22.5 Å². The Labute approximate surface area is 158 Å². The highest BCUT2D eigenvalue weighted by Crippen LogP contribution is 2.24. The van der Waals surface area contributed by atoms with Gasteiger partial charge in [0.25, 0.3) is 5.91 Å². The number of nitrogens with zero attached hydrogens (tertiary/aromatic N) is 1. The van der Waals surface area contributed by atoms with Crippen LogP contribution in [0.1, 0.15) is 41.4 Å². The summed E-state index contributed by atoms with van der Waals surface area (Å²) in [6.07, 6.45) is 1.59. The Bertz CT molecular complexity index is 923. The first-order valence-corrected chi connectivity index (χ1v) is 8.87. The molecule has 1 aromatic heterocycles. The first kappa shape index (κ1) is 18.6. The number of anilines is 2. The van der Waals surface area contributed by atoms with E-state index in [1.54, 1.807) is 30.5 Å². The molecule has 0 radical (unpaired) electrons. The van der Waals surface area contributed by atoms with E-state index in [2.05, 4.69) is 29.5 Å². The van der Waals surface area contributed by atoms with E-state index in [1.807, 2.05) is 24.3 Å². The minimum Gasteiger partial charge on any atom is -0.381 e. The fourth-order valence-corrected chi connectivity index (χ4v) is 2.77. The summed E-state index contributed by atoms with van der Waals surface area (Å²) in [5.74, 6) is -0.213. The number of nitrogens with one attached hydrogen (secondary N) is 2. The fraction of sp³-hybridized carbons (Fsp3) is 0.182. The van der Waals surface area contributed by atoms with Crippen molar-refractivity contribution in [3.8, 4) is 0 Å². The lowest BCUT2D eigenvalue weighted by Crippen LogP contribution is -2.15. The van der Waals surface area contributed by atoms with Crippen LogP contribution >= 0.6 is 0 Å². The van der Waals surface area contributed by atoms with Gasteiger partial charge in [-0.1, -0.05) is 44.2 Å². The van der Waals surface area contributed by atoms with E-state index < -0.39 is 0 Å². The zero-order valence-electron chi connectivity index (χ0n) is 15.4. The van der Waals surface area contributed by atoms with Crippen LogP contribution in [0.5, 0.6) is 0 Å². The van der Waals surface area contributed by atoms with Crippen LogP contribution in [0.4, 0.5) is 15.8 Å². The molecule has 0 unspecified atom stereocenters. The van der Waals surface area contributed by atoms with Gasteiger partial charge in [0.2, 0.25) is 0 Å². The van der Waals surface area contributed by atoms with Crippen LogP contribution in [0.15, 0.2) is 66.9 Å². The second kappa shape index (κ2) is 8.45. The van der Waals surface area contributed by atoms with Crippen LogP contribution < -0.4 is 10.6 Å². The van der Waals surface area contributed by atoms with Gasteiger partial charge in [-0.3, -0.25) is 9.78 Å². The maximum absolute atomic E-state index is 13.0. The molecule has 0 atom stereocenters. The minimum absolute atomic E-state index is 0.256. The van der Waals surface area contributed by atoms with Crippen molar-refractivity contribution in [3.05, 3.63) is 89.5 Å². The monoisotopic (exact) mass is 363 g/mol. The van der Waals surface area contributed by atoms with Crippen LogP contribution in [-0.2, 0) is 6.54 Å². The number of rotatable bonds is 6. The average Bonchev–Trinajstić information content (AvgIpc) is 2.68. The van der Waals surface area contributed by atoms with Crippen molar-refractivity contribution >= 4 is 17.3 Å². The highest BCUT2D eigenvalue weighted by Gasteiger charge is 2.12. The predicted octanol–water partition coefficient (Wildman–Crippen LogP) is 5.21. The maximum Gasteiger partial charge on any atom is 0.274 e. The summed E-state index contributed by atoms with van der Waals surface area (Å²) in [5.41, 5.74) is 3.93.